The van der Waals surface area contributed by atoms with E-state index in [1.165, 1.54) is 36.1 Å². The summed E-state index contributed by atoms with van der Waals surface area (Å²) in [7, 11) is 0. The Labute approximate surface area is 140 Å². The van der Waals surface area contributed by atoms with Crippen molar-refractivity contribution in [2.45, 2.75) is 52.5 Å². The normalized spacial score (nSPS) is 28.5. The van der Waals surface area contributed by atoms with E-state index in [9.17, 15) is 0 Å². The third-order valence-electron chi connectivity index (χ3n) is 5.80. The maximum atomic E-state index is 6.14. The summed E-state index contributed by atoms with van der Waals surface area (Å²) >= 11 is 7.84. The molecule has 0 saturated heterocycles. The van der Waals surface area contributed by atoms with Gasteiger partial charge in [0.2, 0.25) is 5.28 Å². The number of hydrogen-bond donors (Lipinski definition) is 1. The SMILES string of the molecule is Cc1sc2nc(Cl)nc(NC(C)C3CC4CCC3C4)c2c1C. The van der Waals surface area contributed by atoms with Gasteiger partial charge in [0, 0.05) is 10.9 Å². The Bertz CT molecular complexity index is 726. The molecule has 2 heterocycles. The van der Waals surface area contributed by atoms with E-state index in [4.69, 9.17) is 11.6 Å². The van der Waals surface area contributed by atoms with Gasteiger partial charge in [0.25, 0.3) is 0 Å². The van der Waals surface area contributed by atoms with Gasteiger partial charge in [-0.15, -0.1) is 11.3 Å². The Hall–Kier alpha value is -0.870. The highest BCUT2D eigenvalue weighted by molar-refractivity contribution is 7.18. The molecule has 2 aromatic rings. The molecule has 1 N–H and O–H groups in total. The molecule has 4 rings (SSSR count). The molecule has 2 aromatic heterocycles. The summed E-state index contributed by atoms with van der Waals surface area (Å²) in [6.07, 6.45) is 5.67. The molecule has 5 heteroatoms. The van der Waals surface area contributed by atoms with Crippen LogP contribution in [0.3, 0.4) is 0 Å². The molecule has 3 nitrogen and oxygen atoms in total. The van der Waals surface area contributed by atoms with E-state index in [0.717, 1.165) is 33.8 Å². The lowest BCUT2D eigenvalue weighted by molar-refractivity contribution is 0.304. The highest BCUT2D eigenvalue weighted by Gasteiger charge is 2.42. The van der Waals surface area contributed by atoms with Crippen LogP contribution in [0.5, 0.6) is 0 Å². The van der Waals surface area contributed by atoms with Crippen molar-refractivity contribution in [3.05, 3.63) is 15.7 Å². The summed E-state index contributed by atoms with van der Waals surface area (Å²) in [5.41, 5.74) is 1.28. The van der Waals surface area contributed by atoms with Crippen LogP contribution < -0.4 is 5.32 Å². The van der Waals surface area contributed by atoms with Crippen molar-refractivity contribution in [1.29, 1.82) is 0 Å². The molecule has 2 aliphatic rings. The molecule has 0 aromatic carbocycles. The maximum Gasteiger partial charge on any atom is 0.225 e. The van der Waals surface area contributed by atoms with Crippen LogP contribution in [0.2, 0.25) is 5.28 Å². The van der Waals surface area contributed by atoms with Crippen LogP contribution in [0.1, 0.15) is 43.0 Å². The van der Waals surface area contributed by atoms with E-state index in [1.807, 2.05) is 0 Å². The van der Waals surface area contributed by atoms with E-state index in [1.54, 1.807) is 11.3 Å². The quantitative estimate of drug-likeness (QED) is 0.783. The van der Waals surface area contributed by atoms with Crippen LogP contribution in [-0.2, 0) is 0 Å². The summed E-state index contributed by atoms with van der Waals surface area (Å²) in [5.74, 6) is 3.58. The predicted octanol–water partition coefficient (Wildman–Crippen LogP) is 5.20. The number of nitrogens with zero attached hydrogens (tertiary/aromatic N) is 2. The second kappa shape index (κ2) is 5.34. The monoisotopic (exact) mass is 335 g/mol. The largest absolute Gasteiger partial charge is 0.367 e. The number of hydrogen-bond acceptors (Lipinski definition) is 4. The van der Waals surface area contributed by atoms with Gasteiger partial charge >= 0.3 is 0 Å². The number of aromatic nitrogens is 2. The van der Waals surface area contributed by atoms with Crippen molar-refractivity contribution in [3.8, 4) is 0 Å². The van der Waals surface area contributed by atoms with Gasteiger partial charge in [0.15, 0.2) is 0 Å². The molecular formula is C17H22ClN3S. The first-order valence-corrected chi connectivity index (χ1v) is 9.42. The molecule has 0 aliphatic heterocycles. The molecular weight excluding hydrogens is 314 g/mol. The standard InChI is InChI=1S/C17H22ClN3S/c1-8-10(3)22-16-14(8)15(20-17(18)21-16)19-9(2)13-7-11-4-5-12(13)6-11/h9,11-13H,4-7H2,1-3H3,(H,19,20,21). The molecule has 0 spiro atoms. The number of aryl methyl sites for hydroxylation is 2. The van der Waals surface area contributed by atoms with Crippen molar-refractivity contribution in [1.82, 2.24) is 9.97 Å². The molecule has 2 aliphatic carbocycles. The fraction of sp³-hybridized carbons (Fsp3) is 0.647. The van der Waals surface area contributed by atoms with Crippen molar-refractivity contribution < 1.29 is 0 Å². The molecule has 2 fully saturated rings. The van der Waals surface area contributed by atoms with Gasteiger partial charge in [-0.2, -0.15) is 0 Å². The Kier molecular flexibility index (Phi) is 3.57. The van der Waals surface area contributed by atoms with Crippen molar-refractivity contribution in [3.63, 3.8) is 0 Å². The minimum Gasteiger partial charge on any atom is -0.367 e. The predicted molar refractivity (Wildman–Crippen MR) is 93.9 cm³/mol. The van der Waals surface area contributed by atoms with Gasteiger partial charge in [-0.25, -0.2) is 9.97 Å². The average molecular weight is 336 g/mol. The summed E-state index contributed by atoms with van der Waals surface area (Å²) in [4.78, 5) is 11.2. The van der Waals surface area contributed by atoms with Crippen LogP contribution in [0.4, 0.5) is 5.82 Å². The second-order valence-electron chi connectivity index (χ2n) is 7.08. The van der Waals surface area contributed by atoms with Crippen LogP contribution in [0.25, 0.3) is 10.2 Å². The molecule has 4 atom stereocenters. The topological polar surface area (TPSA) is 37.8 Å². The van der Waals surface area contributed by atoms with E-state index >= 15 is 0 Å². The zero-order valence-electron chi connectivity index (χ0n) is 13.3. The van der Waals surface area contributed by atoms with Crippen LogP contribution >= 0.6 is 22.9 Å². The Morgan fingerprint density at radius 1 is 1.23 bits per heavy atom. The van der Waals surface area contributed by atoms with Crippen LogP contribution in [-0.4, -0.2) is 16.0 Å². The summed E-state index contributed by atoms with van der Waals surface area (Å²) < 4.78 is 0. The minimum atomic E-state index is 0.344. The van der Waals surface area contributed by atoms with Gasteiger partial charge in [-0.05, 0) is 75.0 Å². The fourth-order valence-electron chi connectivity index (χ4n) is 4.56. The zero-order valence-corrected chi connectivity index (χ0v) is 14.9. The van der Waals surface area contributed by atoms with Crippen LogP contribution in [0.15, 0.2) is 0 Å². The number of thiophene rings is 1. The highest BCUT2D eigenvalue weighted by atomic mass is 35.5. The lowest BCUT2D eigenvalue weighted by atomic mass is 9.84. The van der Waals surface area contributed by atoms with E-state index in [0.29, 0.717) is 11.3 Å². The van der Waals surface area contributed by atoms with Gasteiger partial charge in [0.05, 0.1) is 5.39 Å². The third kappa shape index (κ3) is 2.31. The zero-order chi connectivity index (χ0) is 15.4. The van der Waals surface area contributed by atoms with Gasteiger partial charge in [0.1, 0.15) is 10.6 Å². The van der Waals surface area contributed by atoms with E-state index in [2.05, 4.69) is 36.1 Å². The first-order chi connectivity index (χ1) is 10.5. The maximum absolute atomic E-state index is 6.14. The van der Waals surface area contributed by atoms with Crippen molar-refractivity contribution >= 4 is 39.0 Å². The number of fused-ring (bicyclic) bond motifs is 3. The lowest BCUT2D eigenvalue weighted by Crippen LogP contribution is -2.30. The Balaban J connectivity index is 1.66. The number of rotatable bonds is 3. The molecule has 118 valence electrons. The minimum absolute atomic E-state index is 0.344. The summed E-state index contributed by atoms with van der Waals surface area (Å²) in [5, 5.41) is 5.18. The van der Waals surface area contributed by atoms with Crippen molar-refractivity contribution in [2.75, 3.05) is 5.32 Å². The Morgan fingerprint density at radius 2 is 2.05 bits per heavy atom. The fourth-order valence-corrected chi connectivity index (χ4v) is 5.81. The van der Waals surface area contributed by atoms with Crippen LogP contribution in [0, 0.1) is 31.6 Å². The Morgan fingerprint density at radius 3 is 2.73 bits per heavy atom. The third-order valence-corrected chi connectivity index (χ3v) is 7.07. The van der Waals surface area contributed by atoms with E-state index < -0.39 is 0 Å². The van der Waals surface area contributed by atoms with Gasteiger partial charge in [-0.1, -0.05) is 6.42 Å². The number of nitrogens with one attached hydrogen (secondary N) is 1. The van der Waals surface area contributed by atoms with Gasteiger partial charge < -0.3 is 5.32 Å². The van der Waals surface area contributed by atoms with Crippen molar-refractivity contribution in [2.24, 2.45) is 17.8 Å². The smallest absolute Gasteiger partial charge is 0.225 e. The number of halogens is 1. The molecule has 0 radical (unpaired) electrons. The van der Waals surface area contributed by atoms with Gasteiger partial charge in [-0.3, -0.25) is 0 Å². The summed E-state index contributed by atoms with van der Waals surface area (Å²) in [6, 6.07) is 0.448. The molecule has 2 bridgehead atoms. The lowest BCUT2D eigenvalue weighted by Gasteiger charge is -2.29. The average Bonchev–Trinajstić information content (AvgIpc) is 3.14. The molecule has 22 heavy (non-hydrogen) atoms. The molecule has 2 saturated carbocycles. The number of anilines is 1. The second-order valence-corrected chi connectivity index (χ2v) is 8.62. The highest BCUT2D eigenvalue weighted by Crippen LogP contribution is 2.50. The first kappa shape index (κ1) is 14.7. The first-order valence-electron chi connectivity index (χ1n) is 8.22. The van der Waals surface area contributed by atoms with E-state index in [-0.39, 0.29) is 0 Å². The molecule has 4 unspecified atom stereocenters. The molecule has 0 amide bonds. The summed E-state index contributed by atoms with van der Waals surface area (Å²) in [6.45, 7) is 6.60.